The van der Waals surface area contributed by atoms with E-state index in [0.29, 0.717) is 22.6 Å². The molecule has 3 unspecified atom stereocenters. The lowest BCUT2D eigenvalue weighted by Crippen LogP contribution is -2.50. The highest BCUT2D eigenvalue weighted by Gasteiger charge is 2.40. The first-order chi connectivity index (χ1) is 14.8. The van der Waals surface area contributed by atoms with Crippen LogP contribution in [0, 0.1) is 0 Å². The highest BCUT2D eigenvalue weighted by molar-refractivity contribution is 6.31. The monoisotopic (exact) mass is 450 g/mol. The molecule has 1 heterocycles. The van der Waals surface area contributed by atoms with Gasteiger partial charge in [-0.3, -0.25) is 0 Å². The predicted octanol–water partition coefficient (Wildman–Crippen LogP) is 2.28. The molecule has 6 nitrogen and oxygen atoms in total. The van der Waals surface area contributed by atoms with Gasteiger partial charge in [0.2, 0.25) is 0 Å². The molecule has 1 saturated heterocycles. The minimum atomic E-state index is -1.18. The second kappa shape index (κ2) is 10.9. The highest BCUT2D eigenvalue weighted by atomic mass is 35.5. The third-order valence-corrected chi connectivity index (χ3v) is 6.20. The molecule has 1 fully saturated rings. The van der Waals surface area contributed by atoms with Crippen LogP contribution in [0.2, 0.25) is 5.02 Å². The zero-order valence-electron chi connectivity index (χ0n) is 17.6. The van der Waals surface area contributed by atoms with Gasteiger partial charge in [0, 0.05) is 18.1 Å². The van der Waals surface area contributed by atoms with E-state index in [9.17, 15) is 20.4 Å². The summed E-state index contributed by atoms with van der Waals surface area (Å²) in [6.45, 7) is 1.43. The summed E-state index contributed by atoms with van der Waals surface area (Å²) in [5, 5.41) is 49.7. The van der Waals surface area contributed by atoms with Crippen molar-refractivity contribution in [3.63, 3.8) is 0 Å². The summed E-state index contributed by atoms with van der Waals surface area (Å²) in [7, 11) is 0. The van der Waals surface area contributed by atoms with Crippen molar-refractivity contribution in [2.24, 2.45) is 0 Å². The zero-order chi connectivity index (χ0) is 22.5. The van der Waals surface area contributed by atoms with Gasteiger partial charge >= 0.3 is 0 Å². The van der Waals surface area contributed by atoms with E-state index in [1.54, 1.807) is 6.07 Å². The van der Waals surface area contributed by atoms with Crippen LogP contribution in [-0.4, -0.2) is 56.6 Å². The Morgan fingerprint density at radius 3 is 2.35 bits per heavy atom. The molecule has 0 amide bonds. The van der Waals surface area contributed by atoms with Crippen LogP contribution in [0.15, 0.2) is 36.4 Å². The second-order valence-corrected chi connectivity index (χ2v) is 8.65. The summed E-state index contributed by atoms with van der Waals surface area (Å²) in [6.07, 6.45) is -2.41. The molecular weight excluding hydrogens is 420 g/mol. The molecule has 2 aromatic rings. The Kier molecular flexibility index (Phi) is 8.47. The standard InChI is InChI=1S/C24H31ClO6/c1-14(28)24-23(30)21(29)12-22(31-24)19-10-17(20(25)11-18(19)13-27)9-16-6-4-15(5-7-16)3-2-8-26/h4-7,10-11,14,21-24,26-30H,2-3,8-9,12-13H2,1H3/t14?,21?,22?,23-,24+/m0/s1. The van der Waals surface area contributed by atoms with Crippen LogP contribution >= 0.6 is 11.6 Å². The summed E-state index contributed by atoms with van der Waals surface area (Å²) < 4.78 is 5.92. The Morgan fingerprint density at radius 2 is 1.74 bits per heavy atom. The van der Waals surface area contributed by atoms with E-state index < -0.39 is 30.5 Å². The van der Waals surface area contributed by atoms with Crippen molar-refractivity contribution in [1.82, 2.24) is 0 Å². The fraction of sp³-hybridized carbons (Fsp3) is 0.500. The average Bonchev–Trinajstić information content (AvgIpc) is 2.76. The van der Waals surface area contributed by atoms with E-state index in [2.05, 4.69) is 0 Å². The number of hydrogen-bond acceptors (Lipinski definition) is 6. The van der Waals surface area contributed by atoms with Crippen LogP contribution in [0.1, 0.15) is 53.7 Å². The smallest absolute Gasteiger partial charge is 0.112 e. The number of rotatable bonds is 8. The van der Waals surface area contributed by atoms with Crippen molar-refractivity contribution in [2.45, 2.75) is 69.7 Å². The van der Waals surface area contributed by atoms with Crippen molar-refractivity contribution in [3.05, 3.63) is 69.2 Å². The molecule has 7 heteroatoms. The van der Waals surface area contributed by atoms with Gasteiger partial charge in [0.15, 0.2) is 0 Å². The lowest BCUT2D eigenvalue weighted by Gasteiger charge is -2.39. The molecule has 2 aromatic carbocycles. The first-order valence-corrected chi connectivity index (χ1v) is 11.0. The first-order valence-electron chi connectivity index (χ1n) is 10.6. The first kappa shape index (κ1) is 24.1. The maximum atomic E-state index is 10.3. The van der Waals surface area contributed by atoms with Crippen molar-refractivity contribution in [1.29, 1.82) is 0 Å². The number of hydrogen-bond donors (Lipinski definition) is 5. The minimum absolute atomic E-state index is 0.151. The third kappa shape index (κ3) is 5.84. The minimum Gasteiger partial charge on any atom is -0.396 e. The normalized spacial score (nSPS) is 24.9. The summed E-state index contributed by atoms with van der Waals surface area (Å²) in [5.41, 5.74) is 4.37. The number of benzene rings is 2. The lowest BCUT2D eigenvalue weighted by molar-refractivity contribution is -0.198. The summed E-state index contributed by atoms with van der Waals surface area (Å²) >= 11 is 6.49. The molecule has 0 radical (unpaired) electrons. The number of ether oxygens (including phenoxy) is 1. The van der Waals surface area contributed by atoms with Crippen LogP contribution in [0.5, 0.6) is 0 Å². The summed E-state index contributed by atoms with van der Waals surface area (Å²) in [5.74, 6) is 0. The SMILES string of the molecule is CC(O)[C@H]1OC(c2cc(Cc3ccc(CCCO)cc3)c(Cl)cc2CO)CC(O)[C@@H]1O. The Bertz CT molecular complexity index is 854. The van der Waals surface area contributed by atoms with Crippen LogP contribution in [0.25, 0.3) is 0 Å². The molecule has 1 aliphatic heterocycles. The van der Waals surface area contributed by atoms with Gasteiger partial charge in [-0.2, -0.15) is 0 Å². The van der Waals surface area contributed by atoms with E-state index in [1.165, 1.54) is 6.92 Å². The van der Waals surface area contributed by atoms with Gasteiger partial charge in [-0.15, -0.1) is 0 Å². The summed E-state index contributed by atoms with van der Waals surface area (Å²) in [6, 6.07) is 11.7. The molecule has 0 aliphatic carbocycles. The molecule has 5 atom stereocenters. The van der Waals surface area contributed by atoms with E-state index in [-0.39, 0.29) is 19.6 Å². The Labute approximate surface area is 187 Å². The van der Waals surface area contributed by atoms with E-state index in [1.807, 2.05) is 30.3 Å². The van der Waals surface area contributed by atoms with Gasteiger partial charge in [-0.05, 0) is 60.1 Å². The average molecular weight is 451 g/mol. The molecule has 0 spiro atoms. The molecule has 0 bridgehead atoms. The number of halogens is 1. The molecule has 5 N–H and O–H groups in total. The molecule has 0 saturated carbocycles. The molecular formula is C24H31ClO6. The highest BCUT2D eigenvalue weighted by Crippen LogP contribution is 2.37. The van der Waals surface area contributed by atoms with E-state index >= 15 is 0 Å². The predicted molar refractivity (Wildman–Crippen MR) is 118 cm³/mol. The van der Waals surface area contributed by atoms with E-state index in [4.69, 9.17) is 21.4 Å². The van der Waals surface area contributed by atoms with Gasteiger partial charge in [-0.25, -0.2) is 0 Å². The molecule has 31 heavy (non-hydrogen) atoms. The largest absolute Gasteiger partial charge is 0.396 e. The zero-order valence-corrected chi connectivity index (χ0v) is 18.4. The maximum Gasteiger partial charge on any atom is 0.112 e. The van der Waals surface area contributed by atoms with Crippen LogP contribution in [0.3, 0.4) is 0 Å². The van der Waals surface area contributed by atoms with Crippen LogP contribution < -0.4 is 0 Å². The van der Waals surface area contributed by atoms with Crippen LogP contribution in [0.4, 0.5) is 0 Å². The van der Waals surface area contributed by atoms with Gasteiger partial charge < -0.3 is 30.3 Å². The fourth-order valence-corrected chi connectivity index (χ4v) is 4.33. The van der Waals surface area contributed by atoms with Gasteiger partial charge in [0.25, 0.3) is 0 Å². The Hall–Kier alpha value is -1.51. The third-order valence-electron chi connectivity index (χ3n) is 5.85. The van der Waals surface area contributed by atoms with Crippen molar-refractivity contribution >= 4 is 11.6 Å². The van der Waals surface area contributed by atoms with Gasteiger partial charge in [0.05, 0.1) is 24.9 Å². The van der Waals surface area contributed by atoms with Crippen molar-refractivity contribution in [3.8, 4) is 0 Å². The number of aryl methyl sites for hydroxylation is 1. The van der Waals surface area contributed by atoms with Gasteiger partial charge in [0.1, 0.15) is 12.2 Å². The molecule has 170 valence electrons. The number of aliphatic hydroxyl groups excluding tert-OH is 5. The number of aliphatic hydroxyl groups is 5. The molecule has 0 aromatic heterocycles. The fourth-order valence-electron chi connectivity index (χ4n) is 4.08. The van der Waals surface area contributed by atoms with E-state index in [0.717, 1.165) is 29.5 Å². The second-order valence-electron chi connectivity index (χ2n) is 8.24. The van der Waals surface area contributed by atoms with Gasteiger partial charge in [-0.1, -0.05) is 41.9 Å². The van der Waals surface area contributed by atoms with Crippen molar-refractivity contribution < 1.29 is 30.3 Å². The molecule has 1 aliphatic rings. The molecule has 3 rings (SSSR count). The topological polar surface area (TPSA) is 110 Å². The summed E-state index contributed by atoms with van der Waals surface area (Å²) in [4.78, 5) is 0. The Morgan fingerprint density at radius 1 is 1.06 bits per heavy atom. The van der Waals surface area contributed by atoms with Crippen LogP contribution in [-0.2, 0) is 24.2 Å². The Balaban J connectivity index is 1.86. The lowest BCUT2D eigenvalue weighted by atomic mass is 9.88. The van der Waals surface area contributed by atoms with Crippen molar-refractivity contribution in [2.75, 3.05) is 6.61 Å². The quantitative estimate of drug-likeness (QED) is 0.422. The maximum absolute atomic E-state index is 10.3.